The van der Waals surface area contributed by atoms with Crippen molar-refractivity contribution in [2.45, 2.75) is 0 Å². The number of aromatic nitrogens is 2. The molecular weight excluding hydrogens is 621 g/mol. The van der Waals surface area contributed by atoms with E-state index < -0.39 is 0 Å². The number of fused-ring (bicyclic) bond motifs is 5. The Labute approximate surface area is 295 Å². The van der Waals surface area contributed by atoms with Gasteiger partial charge in [-0.05, 0) is 92.3 Å². The lowest BCUT2D eigenvalue weighted by Crippen LogP contribution is -1.97. The van der Waals surface area contributed by atoms with E-state index in [1.165, 1.54) is 16.2 Å². The van der Waals surface area contributed by atoms with E-state index in [9.17, 15) is 0 Å². The molecule has 2 heterocycles. The molecule has 0 unspecified atom stereocenters. The van der Waals surface area contributed by atoms with Crippen LogP contribution in [0, 0.1) is 0 Å². The van der Waals surface area contributed by atoms with Crippen molar-refractivity contribution in [3.05, 3.63) is 182 Å². The molecule has 0 spiro atoms. The lowest BCUT2D eigenvalue weighted by Gasteiger charge is -2.14. The van der Waals surface area contributed by atoms with Crippen molar-refractivity contribution in [2.24, 2.45) is 0 Å². The summed E-state index contributed by atoms with van der Waals surface area (Å²) < 4.78 is 6.19. The van der Waals surface area contributed by atoms with Crippen LogP contribution < -0.4 is 0 Å². The number of benzene rings is 8. The summed E-state index contributed by atoms with van der Waals surface area (Å²) in [6.07, 6.45) is 0. The highest BCUT2D eigenvalue weighted by atomic mass is 16.3. The van der Waals surface area contributed by atoms with Gasteiger partial charge in [-0.1, -0.05) is 133 Å². The van der Waals surface area contributed by atoms with Crippen LogP contribution in [0.4, 0.5) is 0 Å². The highest BCUT2D eigenvalue weighted by molar-refractivity contribution is 6.06. The third-order valence-corrected chi connectivity index (χ3v) is 9.85. The molecule has 3 heteroatoms. The summed E-state index contributed by atoms with van der Waals surface area (Å²) in [6, 6.07) is 64.1. The van der Waals surface area contributed by atoms with Crippen LogP contribution >= 0.6 is 0 Å². The monoisotopic (exact) mass is 650 g/mol. The molecule has 10 rings (SSSR count). The zero-order valence-corrected chi connectivity index (χ0v) is 27.6. The molecule has 0 saturated heterocycles. The van der Waals surface area contributed by atoms with Crippen molar-refractivity contribution in [1.82, 2.24) is 9.97 Å². The summed E-state index contributed by atoms with van der Waals surface area (Å²) in [6.45, 7) is 0. The topological polar surface area (TPSA) is 38.9 Å². The predicted octanol–water partition coefficient (Wildman–Crippen LogP) is 13.0. The fourth-order valence-electron chi connectivity index (χ4n) is 7.28. The molecule has 0 aliphatic carbocycles. The van der Waals surface area contributed by atoms with Crippen LogP contribution in [0.1, 0.15) is 0 Å². The summed E-state index contributed by atoms with van der Waals surface area (Å²) in [7, 11) is 0. The second-order valence-electron chi connectivity index (χ2n) is 13.0. The van der Waals surface area contributed by atoms with Gasteiger partial charge in [0.2, 0.25) is 0 Å². The van der Waals surface area contributed by atoms with Crippen LogP contribution in [-0.4, -0.2) is 9.97 Å². The molecule has 0 fully saturated rings. The third kappa shape index (κ3) is 5.24. The standard InChI is InChI=1S/C48H30N2O/c1-2-13-33(14-3-1)48-49-44(30-45(50-48)41-19-10-16-32-12-6-7-17-40(32)41)39-27-37(35-22-21-31-11-4-5-15-34(31)25-35)26-38(28-39)36-23-24-47-43(29-36)42-18-8-9-20-46(42)51-47/h1-30H. The van der Waals surface area contributed by atoms with Gasteiger partial charge in [0.15, 0.2) is 5.82 Å². The average molecular weight is 651 g/mol. The van der Waals surface area contributed by atoms with Gasteiger partial charge in [0.05, 0.1) is 11.4 Å². The van der Waals surface area contributed by atoms with Gasteiger partial charge < -0.3 is 4.42 Å². The lowest BCUT2D eigenvalue weighted by atomic mass is 9.93. The SMILES string of the molecule is c1ccc(-c2nc(-c3cc(-c4ccc5ccccc5c4)cc(-c4ccc5oc6ccccc6c5c4)c3)cc(-c3cccc4ccccc34)n2)cc1. The molecule has 3 nitrogen and oxygen atoms in total. The van der Waals surface area contributed by atoms with E-state index in [2.05, 4.69) is 152 Å². The van der Waals surface area contributed by atoms with Crippen LogP contribution in [0.25, 0.3) is 99.6 Å². The Morgan fingerprint density at radius 2 is 0.941 bits per heavy atom. The van der Waals surface area contributed by atoms with Gasteiger partial charge in [0.25, 0.3) is 0 Å². The first-order valence-corrected chi connectivity index (χ1v) is 17.2. The highest BCUT2D eigenvalue weighted by Crippen LogP contribution is 2.38. The van der Waals surface area contributed by atoms with Crippen LogP contribution in [-0.2, 0) is 0 Å². The summed E-state index contributed by atoms with van der Waals surface area (Å²) >= 11 is 0. The summed E-state index contributed by atoms with van der Waals surface area (Å²) in [5.74, 6) is 0.694. The average Bonchev–Trinajstić information content (AvgIpc) is 3.58. The lowest BCUT2D eigenvalue weighted by molar-refractivity contribution is 0.669. The van der Waals surface area contributed by atoms with Gasteiger partial charge in [-0.15, -0.1) is 0 Å². The van der Waals surface area contributed by atoms with E-state index in [1.54, 1.807) is 0 Å². The van der Waals surface area contributed by atoms with Gasteiger partial charge in [-0.25, -0.2) is 9.97 Å². The smallest absolute Gasteiger partial charge is 0.160 e. The van der Waals surface area contributed by atoms with E-state index >= 15 is 0 Å². The van der Waals surface area contributed by atoms with Crippen molar-refractivity contribution in [1.29, 1.82) is 0 Å². The van der Waals surface area contributed by atoms with Crippen molar-refractivity contribution in [3.63, 3.8) is 0 Å². The first-order valence-electron chi connectivity index (χ1n) is 17.2. The Morgan fingerprint density at radius 1 is 0.314 bits per heavy atom. The minimum Gasteiger partial charge on any atom is -0.456 e. The molecule has 8 aromatic carbocycles. The van der Waals surface area contributed by atoms with Crippen molar-refractivity contribution in [3.8, 4) is 56.2 Å². The van der Waals surface area contributed by atoms with Gasteiger partial charge >= 0.3 is 0 Å². The van der Waals surface area contributed by atoms with E-state index in [0.29, 0.717) is 5.82 Å². The Bertz CT molecular complexity index is 2920. The molecule has 0 radical (unpaired) electrons. The molecule has 0 atom stereocenters. The van der Waals surface area contributed by atoms with E-state index in [1.807, 2.05) is 30.3 Å². The molecule has 0 N–H and O–H groups in total. The van der Waals surface area contributed by atoms with Crippen molar-refractivity contribution < 1.29 is 4.42 Å². The maximum absolute atomic E-state index is 6.19. The molecule has 0 aliphatic rings. The van der Waals surface area contributed by atoms with Crippen molar-refractivity contribution in [2.75, 3.05) is 0 Å². The zero-order chi connectivity index (χ0) is 33.7. The summed E-state index contributed by atoms with van der Waals surface area (Å²) in [5.41, 5.74) is 11.1. The fourth-order valence-corrected chi connectivity index (χ4v) is 7.28. The largest absolute Gasteiger partial charge is 0.456 e. The zero-order valence-electron chi connectivity index (χ0n) is 27.6. The minimum atomic E-state index is 0.694. The molecule has 0 bridgehead atoms. The van der Waals surface area contributed by atoms with Crippen LogP contribution in [0.3, 0.4) is 0 Å². The first-order chi connectivity index (χ1) is 25.2. The van der Waals surface area contributed by atoms with E-state index in [-0.39, 0.29) is 0 Å². The van der Waals surface area contributed by atoms with Gasteiger partial charge in [0.1, 0.15) is 11.2 Å². The quantitative estimate of drug-likeness (QED) is 0.186. The molecule has 10 aromatic rings. The van der Waals surface area contributed by atoms with Crippen LogP contribution in [0.2, 0.25) is 0 Å². The Morgan fingerprint density at radius 3 is 1.80 bits per heavy atom. The highest BCUT2D eigenvalue weighted by Gasteiger charge is 2.16. The Balaban J connectivity index is 1.22. The number of para-hydroxylation sites is 1. The van der Waals surface area contributed by atoms with Gasteiger partial charge in [-0.2, -0.15) is 0 Å². The summed E-state index contributed by atoms with van der Waals surface area (Å²) in [4.78, 5) is 10.4. The summed E-state index contributed by atoms with van der Waals surface area (Å²) in [5, 5.41) is 6.99. The maximum Gasteiger partial charge on any atom is 0.160 e. The van der Waals surface area contributed by atoms with Crippen LogP contribution in [0.15, 0.2) is 186 Å². The fraction of sp³-hybridized carbons (Fsp3) is 0. The Kier molecular flexibility index (Phi) is 6.81. The van der Waals surface area contributed by atoms with Crippen LogP contribution in [0.5, 0.6) is 0 Å². The number of hydrogen-bond acceptors (Lipinski definition) is 3. The molecule has 2 aromatic heterocycles. The predicted molar refractivity (Wildman–Crippen MR) is 212 cm³/mol. The maximum atomic E-state index is 6.19. The van der Waals surface area contributed by atoms with Crippen molar-refractivity contribution >= 4 is 43.5 Å². The molecule has 51 heavy (non-hydrogen) atoms. The first kappa shape index (κ1) is 29.1. The molecule has 0 aliphatic heterocycles. The van der Waals surface area contributed by atoms with E-state index in [0.717, 1.165) is 77.7 Å². The number of furan rings is 1. The molecular formula is C48H30N2O. The second-order valence-corrected chi connectivity index (χ2v) is 13.0. The van der Waals surface area contributed by atoms with Gasteiger partial charge in [-0.3, -0.25) is 0 Å². The van der Waals surface area contributed by atoms with E-state index in [4.69, 9.17) is 14.4 Å². The number of hydrogen-bond donors (Lipinski definition) is 0. The normalized spacial score (nSPS) is 11.5. The number of rotatable bonds is 5. The Hall–Kier alpha value is -6.84. The molecule has 0 amide bonds. The molecule has 238 valence electrons. The molecule has 0 saturated carbocycles. The van der Waals surface area contributed by atoms with Gasteiger partial charge in [0, 0.05) is 27.5 Å². The number of nitrogens with zero attached hydrogens (tertiary/aromatic N) is 2. The third-order valence-electron chi connectivity index (χ3n) is 9.85. The minimum absolute atomic E-state index is 0.694. The second kappa shape index (κ2) is 11.9.